The number of aromatic nitrogens is 4. The molecule has 2 aromatic heterocycles. The molecule has 0 aliphatic rings. The molecule has 0 fully saturated rings. The van der Waals surface area contributed by atoms with Gasteiger partial charge in [-0.05, 0) is 23.8 Å². The van der Waals surface area contributed by atoms with Crippen molar-refractivity contribution < 1.29 is 19.1 Å². The topological polar surface area (TPSA) is 122 Å². The van der Waals surface area contributed by atoms with Gasteiger partial charge in [0.05, 0.1) is 5.56 Å². The number of benzene rings is 1. The number of nitrogens with one attached hydrogen (secondary N) is 1. The monoisotopic (exact) mass is 338 g/mol. The number of allylic oxidation sites excluding steroid dienone is 1. The number of aliphatic hydroxyl groups is 1. The molecular formula is C17H14N4O4. The molecule has 0 atom stereocenters. The normalized spacial score (nSPS) is 11.5. The Morgan fingerprint density at radius 3 is 2.64 bits per heavy atom. The van der Waals surface area contributed by atoms with Crippen LogP contribution in [0.4, 0.5) is 0 Å². The van der Waals surface area contributed by atoms with Crippen molar-refractivity contribution in [1.82, 2.24) is 20.6 Å². The van der Waals surface area contributed by atoms with E-state index in [2.05, 4.69) is 20.6 Å². The zero-order valence-electron chi connectivity index (χ0n) is 13.3. The van der Waals surface area contributed by atoms with E-state index in [1.54, 1.807) is 18.2 Å². The van der Waals surface area contributed by atoms with Gasteiger partial charge < -0.3 is 9.52 Å². The summed E-state index contributed by atoms with van der Waals surface area (Å²) >= 11 is 0. The lowest BCUT2D eigenvalue weighted by atomic mass is 10.1. The van der Waals surface area contributed by atoms with Crippen LogP contribution in [-0.2, 0) is 6.42 Å². The van der Waals surface area contributed by atoms with Gasteiger partial charge in [-0.15, -0.1) is 10.2 Å². The zero-order valence-corrected chi connectivity index (χ0v) is 13.3. The Bertz CT molecular complexity index is 924. The first-order chi connectivity index (χ1) is 12.0. The van der Waals surface area contributed by atoms with E-state index >= 15 is 0 Å². The summed E-state index contributed by atoms with van der Waals surface area (Å²) in [7, 11) is 0. The molecular weight excluding hydrogens is 324 g/mol. The van der Waals surface area contributed by atoms with Gasteiger partial charge in [-0.25, -0.2) is 0 Å². The maximum atomic E-state index is 12.1. The van der Waals surface area contributed by atoms with Gasteiger partial charge in [0, 0.05) is 18.1 Å². The van der Waals surface area contributed by atoms with E-state index in [0.717, 1.165) is 11.6 Å². The molecule has 3 rings (SSSR count). The summed E-state index contributed by atoms with van der Waals surface area (Å²) in [6, 6.07) is 8.77. The van der Waals surface area contributed by atoms with Gasteiger partial charge in [-0.1, -0.05) is 24.3 Å². The fourth-order valence-corrected chi connectivity index (χ4v) is 2.20. The Balaban J connectivity index is 1.70. The number of aliphatic hydroxyl groups excluding tert-OH is 1. The number of H-pyrrole nitrogens is 1. The molecule has 0 spiro atoms. The Hall–Kier alpha value is -3.55. The van der Waals surface area contributed by atoms with E-state index in [1.165, 1.54) is 13.2 Å². The number of ketones is 2. The summed E-state index contributed by atoms with van der Waals surface area (Å²) < 4.78 is 5.39. The van der Waals surface area contributed by atoms with Crippen LogP contribution >= 0.6 is 0 Å². The Labute approximate surface area is 142 Å². The van der Waals surface area contributed by atoms with Crippen molar-refractivity contribution in [2.24, 2.45) is 0 Å². The number of furan rings is 1. The Morgan fingerprint density at radius 2 is 2.00 bits per heavy atom. The minimum atomic E-state index is -0.441. The molecule has 0 unspecified atom stereocenters. The van der Waals surface area contributed by atoms with Crippen molar-refractivity contribution >= 4 is 17.3 Å². The minimum Gasteiger partial charge on any atom is -0.504 e. The predicted octanol–water partition coefficient (Wildman–Crippen LogP) is 2.37. The van der Waals surface area contributed by atoms with Crippen molar-refractivity contribution in [3.63, 3.8) is 0 Å². The van der Waals surface area contributed by atoms with Crippen molar-refractivity contribution in [3.05, 3.63) is 70.9 Å². The van der Waals surface area contributed by atoms with Crippen LogP contribution in [-0.4, -0.2) is 37.3 Å². The average molecular weight is 338 g/mol. The van der Waals surface area contributed by atoms with Gasteiger partial charge in [-0.3, -0.25) is 9.59 Å². The van der Waals surface area contributed by atoms with E-state index in [0.29, 0.717) is 23.3 Å². The van der Waals surface area contributed by atoms with Crippen molar-refractivity contribution in [1.29, 1.82) is 0 Å². The van der Waals surface area contributed by atoms with Gasteiger partial charge in [0.15, 0.2) is 17.3 Å². The number of carbonyl (C=O) groups excluding carboxylic acids is 2. The number of carbonyl (C=O) groups is 2. The average Bonchev–Trinajstić information content (AvgIpc) is 3.27. The summed E-state index contributed by atoms with van der Waals surface area (Å²) in [6.45, 7) is 1.51. The maximum absolute atomic E-state index is 12.1. The molecule has 1 aromatic carbocycles. The fraction of sp³-hybridized carbons (Fsp3) is 0.118. The van der Waals surface area contributed by atoms with E-state index in [4.69, 9.17) is 4.42 Å². The second-order valence-corrected chi connectivity index (χ2v) is 5.36. The van der Waals surface area contributed by atoms with Crippen molar-refractivity contribution in [3.8, 4) is 0 Å². The number of hydrogen-bond donors (Lipinski definition) is 2. The fourth-order valence-electron chi connectivity index (χ4n) is 2.20. The van der Waals surface area contributed by atoms with Crippen molar-refractivity contribution in [2.75, 3.05) is 0 Å². The lowest BCUT2D eigenvalue weighted by molar-refractivity contribution is 0.101. The van der Waals surface area contributed by atoms with Crippen LogP contribution in [0.1, 0.15) is 44.8 Å². The molecule has 0 saturated heterocycles. The van der Waals surface area contributed by atoms with Crippen molar-refractivity contribution in [2.45, 2.75) is 13.3 Å². The molecule has 126 valence electrons. The number of hydrogen-bond acceptors (Lipinski definition) is 7. The molecule has 2 N–H and O–H groups in total. The molecule has 0 aliphatic heterocycles. The molecule has 0 amide bonds. The standard InChI is InChI=1S/C17H14N4O4/c1-10(22)12-4-2-11(3-5-12)6-14-7-13(9-25-14)15(23)8-16(24)17-18-20-21-19-17/h2-5,7-9,24H,6H2,1H3,(H,18,19,20,21). The van der Waals surface area contributed by atoms with Gasteiger partial charge >= 0.3 is 0 Å². The molecule has 8 nitrogen and oxygen atoms in total. The zero-order chi connectivity index (χ0) is 17.8. The third kappa shape index (κ3) is 3.86. The SMILES string of the molecule is CC(=O)c1ccc(Cc2cc(C(=O)C=C(O)c3nn[nH]n3)co2)cc1. The number of nitrogens with zero attached hydrogens (tertiary/aromatic N) is 3. The molecule has 8 heteroatoms. The van der Waals surface area contributed by atoms with Crippen LogP contribution in [0.15, 0.2) is 47.1 Å². The highest BCUT2D eigenvalue weighted by Crippen LogP contribution is 2.16. The van der Waals surface area contributed by atoms with Crippen LogP contribution in [0.25, 0.3) is 5.76 Å². The van der Waals surface area contributed by atoms with Gasteiger partial charge in [0.2, 0.25) is 5.82 Å². The highest BCUT2D eigenvalue weighted by Gasteiger charge is 2.12. The summed E-state index contributed by atoms with van der Waals surface area (Å²) in [6.07, 6.45) is 2.80. The number of rotatable bonds is 6. The summed E-state index contributed by atoms with van der Waals surface area (Å²) in [5, 5.41) is 22.4. The molecule has 3 aromatic rings. The first kappa shape index (κ1) is 16.3. The van der Waals surface area contributed by atoms with Gasteiger partial charge in [-0.2, -0.15) is 5.21 Å². The molecule has 0 saturated carbocycles. The second-order valence-electron chi connectivity index (χ2n) is 5.36. The van der Waals surface area contributed by atoms with Crippen LogP contribution in [0.2, 0.25) is 0 Å². The first-order valence-electron chi connectivity index (χ1n) is 7.39. The summed E-state index contributed by atoms with van der Waals surface area (Å²) in [5.41, 5.74) is 1.88. The summed E-state index contributed by atoms with van der Waals surface area (Å²) in [5.74, 6) is -0.301. The molecule has 0 bridgehead atoms. The number of aromatic amines is 1. The first-order valence-corrected chi connectivity index (χ1v) is 7.39. The number of tetrazole rings is 1. The smallest absolute Gasteiger partial charge is 0.239 e. The third-order valence-electron chi connectivity index (χ3n) is 3.52. The lowest BCUT2D eigenvalue weighted by Crippen LogP contribution is -1.96. The van der Waals surface area contributed by atoms with E-state index in [-0.39, 0.29) is 17.4 Å². The highest BCUT2D eigenvalue weighted by atomic mass is 16.3. The minimum absolute atomic E-state index is 0.00521. The Morgan fingerprint density at radius 1 is 1.24 bits per heavy atom. The lowest BCUT2D eigenvalue weighted by Gasteiger charge is -1.99. The van der Waals surface area contributed by atoms with Gasteiger partial charge in [0.25, 0.3) is 0 Å². The largest absolute Gasteiger partial charge is 0.504 e. The van der Waals surface area contributed by atoms with Crippen LogP contribution in [0.5, 0.6) is 0 Å². The quantitative estimate of drug-likeness (QED) is 0.402. The molecule has 25 heavy (non-hydrogen) atoms. The summed E-state index contributed by atoms with van der Waals surface area (Å²) in [4.78, 5) is 23.4. The second kappa shape index (κ2) is 6.91. The van der Waals surface area contributed by atoms with E-state index < -0.39 is 5.78 Å². The molecule has 2 heterocycles. The van der Waals surface area contributed by atoms with Gasteiger partial charge in [0.1, 0.15) is 12.0 Å². The Kier molecular flexibility index (Phi) is 4.51. The van der Waals surface area contributed by atoms with E-state index in [1.807, 2.05) is 12.1 Å². The van der Waals surface area contributed by atoms with Crippen LogP contribution in [0.3, 0.4) is 0 Å². The predicted molar refractivity (Wildman–Crippen MR) is 87.1 cm³/mol. The third-order valence-corrected chi connectivity index (χ3v) is 3.52. The molecule has 0 aliphatic carbocycles. The van der Waals surface area contributed by atoms with E-state index in [9.17, 15) is 14.7 Å². The number of Topliss-reactive ketones (excluding diaryl/α,β-unsaturated/α-hetero) is 1. The van der Waals surface area contributed by atoms with Crippen LogP contribution < -0.4 is 0 Å². The van der Waals surface area contributed by atoms with Crippen LogP contribution in [0, 0.1) is 0 Å². The maximum Gasteiger partial charge on any atom is 0.239 e. The highest BCUT2D eigenvalue weighted by molar-refractivity contribution is 6.07. The molecule has 0 radical (unpaired) electrons.